The summed E-state index contributed by atoms with van der Waals surface area (Å²) in [6.07, 6.45) is 1.84. The van der Waals surface area contributed by atoms with E-state index in [9.17, 15) is 4.79 Å². The lowest BCUT2D eigenvalue weighted by molar-refractivity contribution is -0.115. The minimum Gasteiger partial charge on any atom is -0.378 e. The topological polar surface area (TPSA) is 70.5 Å². The Morgan fingerprint density at radius 1 is 1.10 bits per heavy atom. The van der Waals surface area contributed by atoms with Crippen molar-refractivity contribution in [3.05, 3.63) is 64.0 Å². The molecule has 1 fully saturated rings. The number of aromatic nitrogens is 2. The largest absolute Gasteiger partial charge is 0.378 e. The number of aliphatic imine (C=N–C) groups is 1. The van der Waals surface area contributed by atoms with Crippen molar-refractivity contribution < 1.29 is 4.79 Å². The number of nitrogens with one attached hydrogen (secondary N) is 1. The lowest BCUT2D eigenvalue weighted by Crippen LogP contribution is -2.19. The molecule has 1 saturated heterocycles. The van der Waals surface area contributed by atoms with E-state index < -0.39 is 0 Å². The number of amides is 1. The molecule has 0 aliphatic carbocycles. The molecule has 0 radical (unpaired) electrons. The smallest absolute Gasteiger partial charge is 0.264 e. The van der Waals surface area contributed by atoms with Crippen LogP contribution in [-0.4, -0.2) is 35.4 Å². The molecule has 9 heteroatoms. The van der Waals surface area contributed by atoms with E-state index in [2.05, 4.69) is 20.5 Å². The summed E-state index contributed by atoms with van der Waals surface area (Å²) in [5.41, 5.74) is 2.86. The number of rotatable bonds is 4. The van der Waals surface area contributed by atoms with Crippen LogP contribution in [0.2, 0.25) is 5.02 Å². The predicted octanol–water partition coefficient (Wildman–Crippen LogP) is 4.82. The second kappa shape index (κ2) is 8.36. The van der Waals surface area contributed by atoms with E-state index >= 15 is 0 Å². The zero-order valence-corrected chi connectivity index (χ0v) is 18.0. The van der Waals surface area contributed by atoms with Crippen LogP contribution in [0.25, 0.3) is 16.6 Å². The second-order valence-corrected chi connectivity index (χ2v) is 8.73. The molecule has 0 atom stereocenters. The Kier molecular flexibility index (Phi) is 5.66. The van der Waals surface area contributed by atoms with E-state index in [1.165, 1.54) is 23.1 Å². The molecule has 1 aliphatic rings. The Morgan fingerprint density at radius 2 is 1.86 bits per heavy atom. The third-order valence-corrected chi connectivity index (χ3v) is 6.16. The van der Waals surface area contributed by atoms with Crippen LogP contribution in [0.4, 0.5) is 10.8 Å². The fraction of sp³-hybridized carbons (Fsp3) is 0.100. The minimum atomic E-state index is -0.179. The zero-order chi connectivity index (χ0) is 20.4. The monoisotopic (exact) mass is 441 g/mol. The van der Waals surface area contributed by atoms with Crippen molar-refractivity contribution in [2.24, 2.45) is 4.99 Å². The molecule has 146 valence electrons. The highest BCUT2D eigenvalue weighted by Gasteiger charge is 2.24. The van der Waals surface area contributed by atoms with Gasteiger partial charge in [0.05, 0.1) is 9.93 Å². The number of amidine groups is 1. The molecule has 0 bridgehead atoms. The molecule has 29 heavy (non-hydrogen) atoms. The Morgan fingerprint density at radius 3 is 2.59 bits per heavy atom. The van der Waals surface area contributed by atoms with Gasteiger partial charge in [0.1, 0.15) is 0 Å². The maximum Gasteiger partial charge on any atom is 0.264 e. The number of nitrogens with zero attached hydrogens (tertiary/aromatic N) is 4. The van der Waals surface area contributed by atoms with Gasteiger partial charge < -0.3 is 10.2 Å². The van der Waals surface area contributed by atoms with Gasteiger partial charge in [0, 0.05) is 25.3 Å². The number of thioether (sulfide) groups is 1. The van der Waals surface area contributed by atoms with E-state index in [1.807, 2.05) is 67.5 Å². The van der Waals surface area contributed by atoms with Gasteiger partial charge in [-0.3, -0.25) is 4.79 Å². The standard InChI is InChI=1S/C20H16ClN5OS2/c1-26(2)13-9-7-12(8-10-13)11-16-17(27)22-19(28-16)23-20-25-24-18(29-20)14-5-3-4-6-15(14)21/h3-11H,1-2H3,(H,22,23,25,27). The molecular weight excluding hydrogens is 426 g/mol. The van der Waals surface area contributed by atoms with E-state index in [0.29, 0.717) is 25.2 Å². The van der Waals surface area contributed by atoms with E-state index in [1.54, 1.807) is 6.07 Å². The van der Waals surface area contributed by atoms with Crippen LogP contribution in [0.1, 0.15) is 5.56 Å². The lowest BCUT2D eigenvalue weighted by atomic mass is 10.2. The summed E-state index contributed by atoms with van der Waals surface area (Å²) in [4.78, 5) is 19.3. The number of halogens is 1. The predicted molar refractivity (Wildman–Crippen MR) is 122 cm³/mol. The molecule has 1 amide bonds. The third-order valence-electron chi connectivity index (χ3n) is 4.07. The van der Waals surface area contributed by atoms with E-state index in [0.717, 1.165) is 16.8 Å². The van der Waals surface area contributed by atoms with Crippen molar-refractivity contribution in [1.82, 2.24) is 15.5 Å². The minimum absolute atomic E-state index is 0.179. The number of carbonyl (C=O) groups is 1. The average molecular weight is 442 g/mol. The van der Waals surface area contributed by atoms with Crippen LogP contribution < -0.4 is 10.2 Å². The van der Waals surface area contributed by atoms with Crippen molar-refractivity contribution in [3.63, 3.8) is 0 Å². The first kappa shape index (κ1) is 19.6. The normalized spacial score (nSPS) is 16.4. The zero-order valence-electron chi connectivity index (χ0n) is 15.6. The number of hydrogen-bond donors (Lipinski definition) is 1. The fourth-order valence-electron chi connectivity index (χ4n) is 2.59. The van der Waals surface area contributed by atoms with E-state index in [4.69, 9.17) is 11.6 Å². The first-order valence-corrected chi connectivity index (χ1v) is 10.7. The van der Waals surface area contributed by atoms with Crippen LogP contribution in [0.5, 0.6) is 0 Å². The summed E-state index contributed by atoms with van der Waals surface area (Å²) in [7, 11) is 3.97. The first-order chi connectivity index (χ1) is 14.0. The van der Waals surface area contributed by atoms with Gasteiger partial charge in [0.15, 0.2) is 10.2 Å². The molecule has 3 aromatic rings. The molecule has 0 unspecified atom stereocenters. The van der Waals surface area contributed by atoms with Gasteiger partial charge >= 0.3 is 0 Å². The molecular formula is C20H16ClN5OS2. The first-order valence-electron chi connectivity index (χ1n) is 8.65. The van der Waals surface area contributed by atoms with Crippen molar-refractivity contribution in [3.8, 4) is 10.6 Å². The SMILES string of the molecule is CN(C)c1ccc(C=C2SC(=Nc3nnc(-c4ccccc4Cl)s3)NC2=O)cc1. The summed E-state index contributed by atoms with van der Waals surface area (Å²) in [6, 6.07) is 15.4. The Hall–Kier alpha value is -2.68. The van der Waals surface area contributed by atoms with Crippen molar-refractivity contribution in [1.29, 1.82) is 0 Å². The summed E-state index contributed by atoms with van der Waals surface area (Å²) in [5.74, 6) is -0.179. The maximum absolute atomic E-state index is 12.3. The van der Waals surface area contributed by atoms with Gasteiger partial charge in [0.25, 0.3) is 5.91 Å². The van der Waals surface area contributed by atoms with Crippen LogP contribution in [0.15, 0.2) is 58.4 Å². The van der Waals surface area contributed by atoms with Gasteiger partial charge in [-0.25, -0.2) is 0 Å². The maximum atomic E-state index is 12.3. The van der Waals surface area contributed by atoms with E-state index in [-0.39, 0.29) is 5.91 Å². The van der Waals surface area contributed by atoms with Crippen LogP contribution in [-0.2, 0) is 4.79 Å². The Bertz CT molecular complexity index is 1120. The summed E-state index contributed by atoms with van der Waals surface area (Å²) >= 11 is 8.81. The third kappa shape index (κ3) is 4.50. The highest BCUT2D eigenvalue weighted by Crippen LogP contribution is 2.34. The molecule has 4 rings (SSSR count). The van der Waals surface area contributed by atoms with Gasteiger partial charge in [-0.1, -0.05) is 53.3 Å². The van der Waals surface area contributed by atoms with Crippen LogP contribution in [0, 0.1) is 0 Å². The highest BCUT2D eigenvalue weighted by molar-refractivity contribution is 8.18. The van der Waals surface area contributed by atoms with Gasteiger partial charge in [-0.15, -0.1) is 10.2 Å². The highest BCUT2D eigenvalue weighted by atomic mass is 35.5. The molecule has 0 spiro atoms. The second-order valence-electron chi connectivity index (χ2n) is 6.34. The van der Waals surface area contributed by atoms with Crippen molar-refractivity contribution >= 4 is 62.7 Å². The quantitative estimate of drug-likeness (QED) is 0.588. The molecule has 2 aromatic carbocycles. The molecule has 0 saturated carbocycles. The summed E-state index contributed by atoms with van der Waals surface area (Å²) in [6.45, 7) is 0. The van der Waals surface area contributed by atoms with Gasteiger partial charge in [0.2, 0.25) is 5.13 Å². The van der Waals surface area contributed by atoms with Crippen LogP contribution >= 0.6 is 34.7 Å². The number of anilines is 1. The fourth-order valence-corrected chi connectivity index (χ4v) is 4.51. The number of carbonyl (C=O) groups excluding carboxylic acids is 1. The molecule has 1 N–H and O–H groups in total. The summed E-state index contributed by atoms with van der Waals surface area (Å²) < 4.78 is 0. The Labute approximate surface area is 181 Å². The molecule has 6 nitrogen and oxygen atoms in total. The van der Waals surface area contributed by atoms with Crippen molar-refractivity contribution in [2.75, 3.05) is 19.0 Å². The van der Waals surface area contributed by atoms with Crippen molar-refractivity contribution in [2.45, 2.75) is 0 Å². The average Bonchev–Trinajstić information content (AvgIpc) is 3.29. The molecule has 2 heterocycles. The Balaban J connectivity index is 1.52. The lowest BCUT2D eigenvalue weighted by Gasteiger charge is -2.11. The van der Waals surface area contributed by atoms with Gasteiger partial charge in [-0.2, -0.15) is 4.99 Å². The summed E-state index contributed by atoms with van der Waals surface area (Å²) in [5, 5.41) is 13.2. The van der Waals surface area contributed by atoms with Crippen LogP contribution in [0.3, 0.4) is 0 Å². The number of hydrogen-bond acceptors (Lipinski definition) is 7. The van der Waals surface area contributed by atoms with Gasteiger partial charge in [-0.05, 0) is 41.6 Å². The number of benzene rings is 2. The molecule has 1 aliphatic heterocycles. The molecule has 1 aromatic heterocycles.